The van der Waals surface area contributed by atoms with E-state index in [0.717, 1.165) is 31.2 Å². The Bertz CT molecular complexity index is 2100. The minimum Gasteiger partial charge on any atom is -0.465 e. The average Bonchev–Trinajstić information content (AvgIpc) is 3.94. The van der Waals surface area contributed by atoms with E-state index in [-0.39, 0.29) is 91.2 Å². The van der Waals surface area contributed by atoms with Gasteiger partial charge in [0.25, 0.3) is 0 Å². The van der Waals surface area contributed by atoms with E-state index in [2.05, 4.69) is 42.1 Å². The molecule has 1 saturated heterocycles. The molecule has 5 fully saturated rings. The predicted molar refractivity (Wildman–Crippen MR) is 236 cm³/mol. The van der Waals surface area contributed by atoms with Gasteiger partial charge in [-0.2, -0.15) is 0 Å². The number of carbonyl (C=O) groups excluding carboxylic acids is 3. The number of fused-ring (bicyclic) bond motifs is 10. The fourth-order valence-electron chi connectivity index (χ4n) is 15.9. The molecular weight excluding hydrogens is 797 g/mol. The lowest BCUT2D eigenvalue weighted by molar-refractivity contribution is -0.183. The maximum atomic E-state index is 14.8. The van der Waals surface area contributed by atoms with Crippen molar-refractivity contribution in [3.05, 3.63) is 46.9 Å². The van der Waals surface area contributed by atoms with Crippen LogP contribution >= 0.6 is 0 Å². The summed E-state index contributed by atoms with van der Waals surface area (Å²) in [7, 11) is 0. The molecule has 0 spiro atoms. The van der Waals surface area contributed by atoms with Crippen molar-refractivity contribution in [2.24, 2.45) is 75.9 Å². The van der Waals surface area contributed by atoms with Gasteiger partial charge in [0.1, 0.15) is 5.78 Å². The minimum atomic E-state index is -1.65. The highest BCUT2D eigenvalue weighted by Gasteiger charge is 2.72. The first-order valence-electron chi connectivity index (χ1n) is 24.3. The van der Waals surface area contributed by atoms with E-state index in [1.807, 2.05) is 32.3 Å². The Morgan fingerprint density at radius 1 is 0.968 bits per heavy atom. The van der Waals surface area contributed by atoms with Crippen LogP contribution in [-0.2, 0) is 19.1 Å². The normalized spacial score (nSPS) is 48.5. The van der Waals surface area contributed by atoms with Crippen molar-refractivity contribution >= 4 is 17.5 Å². The Kier molecular flexibility index (Phi) is 11.6. The third-order valence-electron chi connectivity index (χ3n) is 19.1. The van der Waals surface area contributed by atoms with E-state index < -0.39 is 64.0 Å². The van der Waals surface area contributed by atoms with Gasteiger partial charge in [-0.15, -0.1) is 5.92 Å². The Morgan fingerprint density at radius 2 is 1.75 bits per heavy atom. The molecule has 0 radical (unpaired) electrons. The zero-order chi connectivity index (χ0) is 45.0. The van der Waals surface area contributed by atoms with Crippen LogP contribution in [0.25, 0.3) is 0 Å². The van der Waals surface area contributed by atoms with Crippen LogP contribution in [0.4, 0.5) is 0 Å². The molecule has 1 aromatic rings. The number of aromatic amines is 1. The Labute approximate surface area is 373 Å². The van der Waals surface area contributed by atoms with Crippen LogP contribution in [0.15, 0.2) is 41.4 Å². The molecule has 0 bridgehead atoms. The molecular formula is C52H72N2O9. The summed E-state index contributed by atoms with van der Waals surface area (Å²) in [5.74, 6) is 5.48. The number of allylic oxidation sites excluding steroid dienone is 3. The van der Waals surface area contributed by atoms with Gasteiger partial charge >= 0.3 is 5.97 Å². The number of aromatic nitrogens is 1. The van der Waals surface area contributed by atoms with Gasteiger partial charge in [-0.25, -0.2) is 0 Å². The monoisotopic (exact) mass is 869 g/mol. The Balaban J connectivity index is 1.17. The molecule has 11 heteroatoms. The molecule has 0 aromatic carbocycles. The lowest BCUT2D eigenvalue weighted by Gasteiger charge is -2.61. The number of hydrogen-bond donors (Lipinski definition) is 7. The van der Waals surface area contributed by atoms with Crippen LogP contribution in [0.1, 0.15) is 130 Å². The van der Waals surface area contributed by atoms with E-state index in [1.54, 1.807) is 6.92 Å². The molecule has 11 nitrogen and oxygen atoms in total. The largest absolute Gasteiger partial charge is 0.465 e. The molecule has 63 heavy (non-hydrogen) atoms. The van der Waals surface area contributed by atoms with Crippen LogP contribution in [0.2, 0.25) is 0 Å². The fraction of sp³-hybridized carbons (Fsp3) is 0.750. The van der Waals surface area contributed by atoms with Crippen molar-refractivity contribution in [2.75, 3.05) is 13.2 Å². The molecule has 1 aliphatic heterocycles. The Hall–Kier alpha value is -3.27. The highest BCUT2D eigenvalue weighted by atomic mass is 16.5. The maximum Gasteiger partial charge on any atom is 0.313 e. The first-order chi connectivity index (χ1) is 29.8. The van der Waals surface area contributed by atoms with Crippen molar-refractivity contribution in [1.29, 1.82) is 0 Å². The van der Waals surface area contributed by atoms with Gasteiger partial charge < -0.3 is 40.6 Å². The third-order valence-corrected chi connectivity index (χ3v) is 19.1. The number of Topliss-reactive ketones (excluding diaryl/α,β-unsaturated/α-hetero) is 2. The van der Waals surface area contributed by atoms with Crippen molar-refractivity contribution in [3.63, 3.8) is 0 Å². The van der Waals surface area contributed by atoms with Crippen LogP contribution in [0.5, 0.6) is 0 Å². The van der Waals surface area contributed by atoms with Crippen molar-refractivity contribution in [2.45, 2.75) is 154 Å². The number of hydrogen-bond acceptors (Lipinski definition) is 10. The number of aliphatic hydroxyl groups excluding tert-OH is 3. The second-order valence-corrected chi connectivity index (χ2v) is 22.7. The number of ketones is 2. The second kappa shape index (κ2) is 16.3. The molecule has 0 amide bonds. The third kappa shape index (κ3) is 7.14. The summed E-state index contributed by atoms with van der Waals surface area (Å²) in [6, 6.07) is 1.96. The number of nitrogens with one attached hydrogen (secondary N) is 2. The quantitative estimate of drug-likeness (QED) is 0.109. The SMILES string of the molecule is CC(=O)CNC1=C2C(CCC3(C)C4C(CC#CC(C5COC(=O)C5c5cc[nH]c5)CC5C6CC(C)CCC6=CCC5C(C)CC(O)C4(C)O)CC23O)C2(C)CC(O)C(O)CC2C1=O. The summed E-state index contributed by atoms with van der Waals surface area (Å²) in [4.78, 5) is 44.0. The number of esters is 1. The highest BCUT2D eigenvalue weighted by Crippen LogP contribution is 2.71. The Morgan fingerprint density at radius 3 is 2.48 bits per heavy atom. The first-order valence-corrected chi connectivity index (χ1v) is 24.3. The molecule has 344 valence electrons. The van der Waals surface area contributed by atoms with Crippen molar-refractivity contribution < 1.29 is 44.7 Å². The topological polar surface area (TPSA) is 189 Å². The molecule has 7 aliphatic carbocycles. The van der Waals surface area contributed by atoms with Crippen molar-refractivity contribution in [1.82, 2.24) is 10.3 Å². The van der Waals surface area contributed by atoms with Crippen LogP contribution in [-0.4, -0.2) is 90.7 Å². The van der Waals surface area contributed by atoms with Gasteiger partial charge in [0.05, 0.1) is 54.3 Å². The van der Waals surface area contributed by atoms with Crippen LogP contribution in [0, 0.1) is 87.8 Å². The number of cyclic esters (lactones) is 1. The molecule has 4 saturated carbocycles. The summed E-state index contributed by atoms with van der Waals surface area (Å²) in [5.41, 5.74) is -1.89. The van der Waals surface area contributed by atoms with E-state index in [0.29, 0.717) is 43.1 Å². The van der Waals surface area contributed by atoms with E-state index in [9.17, 15) is 39.9 Å². The fourth-order valence-corrected chi connectivity index (χ4v) is 15.9. The molecule has 19 atom stereocenters. The molecule has 9 rings (SSSR count). The zero-order valence-electron chi connectivity index (χ0n) is 38.2. The van der Waals surface area contributed by atoms with Crippen LogP contribution < -0.4 is 5.32 Å². The first kappa shape index (κ1) is 44.9. The second-order valence-electron chi connectivity index (χ2n) is 22.7. The molecule has 7 N–H and O–H groups in total. The number of aliphatic hydroxyl groups is 5. The molecule has 1 aromatic heterocycles. The lowest BCUT2D eigenvalue weighted by atomic mass is 9.45. The van der Waals surface area contributed by atoms with E-state index in [1.165, 1.54) is 18.9 Å². The van der Waals surface area contributed by atoms with E-state index in [4.69, 9.17) is 4.74 Å². The van der Waals surface area contributed by atoms with Crippen molar-refractivity contribution in [3.8, 4) is 11.8 Å². The highest BCUT2D eigenvalue weighted by molar-refractivity contribution is 6.00. The van der Waals surface area contributed by atoms with Gasteiger partial charge in [0.2, 0.25) is 0 Å². The standard InChI is InChI=1S/C52H72N2O9/c1-27-10-11-30-12-13-34-28(2)19-42(58)51(6,61)47-32(9-7-8-31(20-36(34)35(30)18-27)37-26-63-48(60)43(37)33-15-17-53-25-33)22-52(62)44-38(14-16-50(47,52)5)49(4)23-41(57)40(56)21-39(49)46(59)45(44)54-24-29(3)55/h12,15,17,25,27-28,31-32,34-43,47,53-54,56-58,61-62H,9-11,13-14,16,18-24,26H2,1-6H3. The predicted octanol–water partition coefficient (Wildman–Crippen LogP) is 5.76. The summed E-state index contributed by atoms with van der Waals surface area (Å²) >= 11 is 0. The number of carbonyl (C=O) groups is 3. The zero-order valence-corrected chi connectivity index (χ0v) is 38.2. The number of H-pyrrole nitrogens is 1. The molecule has 8 aliphatic rings. The lowest BCUT2D eigenvalue weighted by Crippen LogP contribution is -2.64. The van der Waals surface area contributed by atoms with Crippen LogP contribution in [0.3, 0.4) is 0 Å². The summed E-state index contributed by atoms with van der Waals surface area (Å²) in [5, 5.41) is 64.6. The van der Waals surface area contributed by atoms with E-state index >= 15 is 0 Å². The van der Waals surface area contributed by atoms with Gasteiger partial charge in [0.15, 0.2) is 5.78 Å². The molecule has 2 heterocycles. The maximum absolute atomic E-state index is 14.8. The van der Waals surface area contributed by atoms with Gasteiger partial charge in [-0.05, 0) is 149 Å². The summed E-state index contributed by atoms with van der Waals surface area (Å²) in [6.07, 6.45) is 10.2. The molecule has 19 unspecified atom stereocenters. The van der Waals surface area contributed by atoms with Gasteiger partial charge in [0, 0.05) is 47.9 Å². The summed E-state index contributed by atoms with van der Waals surface area (Å²) in [6.45, 7) is 12.0. The number of ether oxygens (including phenoxy) is 1. The van der Waals surface area contributed by atoms with Gasteiger partial charge in [-0.3, -0.25) is 14.4 Å². The minimum absolute atomic E-state index is 0.0381. The smallest absolute Gasteiger partial charge is 0.313 e. The summed E-state index contributed by atoms with van der Waals surface area (Å²) < 4.78 is 5.87. The number of rotatable bonds is 5. The van der Waals surface area contributed by atoms with Gasteiger partial charge in [-0.1, -0.05) is 45.3 Å². The average molecular weight is 869 g/mol.